The topological polar surface area (TPSA) is 82.8 Å². The molecular formula is C19H22ClFN2O4. The summed E-state index contributed by atoms with van der Waals surface area (Å²) in [6, 6.07) is 9.53. The molecule has 0 spiro atoms. The molecule has 0 aromatic heterocycles. The molecule has 6 nitrogen and oxygen atoms in total. The van der Waals surface area contributed by atoms with Crippen LogP contribution in [0.3, 0.4) is 0 Å². The lowest BCUT2D eigenvalue weighted by Crippen LogP contribution is -2.26. The highest BCUT2D eigenvalue weighted by Gasteiger charge is 2.16. The Kier molecular flexibility index (Phi) is 7.69. The molecule has 1 atom stereocenters. The van der Waals surface area contributed by atoms with E-state index < -0.39 is 11.9 Å². The van der Waals surface area contributed by atoms with Crippen LogP contribution in [0.4, 0.5) is 9.18 Å². The molecule has 0 radical (unpaired) electrons. The largest absolute Gasteiger partial charge is 0.497 e. The summed E-state index contributed by atoms with van der Waals surface area (Å²) in [5, 5.41) is 3.41. The maximum absolute atomic E-state index is 13.9. The minimum absolute atomic E-state index is 0.112. The molecule has 0 heterocycles. The van der Waals surface area contributed by atoms with Gasteiger partial charge < -0.3 is 25.3 Å². The van der Waals surface area contributed by atoms with E-state index in [-0.39, 0.29) is 24.3 Å². The molecule has 0 bridgehead atoms. The Morgan fingerprint density at radius 2 is 1.93 bits per heavy atom. The SMILES string of the molecule is COc1ccc(OCc2c(Cl)cc(F)cc2C(C)NCCOC(N)=O)cc1. The molecule has 2 aromatic rings. The van der Waals surface area contributed by atoms with E-state index in [2.05, 4.69) is 10.1 Å². The molecule has 0 aliphatic rings. The van der Waals surface area contributed by atoms with Crippen LogP contribution >= 0.6 is 11.6 Å². The fourth-order valence-electron chi connectivity index (χ4n) is 2.53. The van der Waals surface area contributed by atoms with Gasteiger partial charge in [0.2, 0.25) is 0 Å². The van der Waals surface area contributed by atoms with Crippen LogP contribution in [-0.2, 0) is 11.3 Å². The molecule has 146 valence electrons. The van der Waals surface area contributed by atoms with Crippen LogP contribution in [0.25, 0.3) is 0 Å². The van der Waals surface area contributed by atoms with Gasteiger partial charge in [0.15, 0.2) is 0 Å². The first kappa shape index (κ1) is 20.8. The number of rotatable bonds is 9. The number of nitrogens with one attached hydrogen (secondary N) is 1. The van der Waals surface area contributed by atoms with Crippen molar-refractivity contribution < 1.29 is 23.4 Å². The summed E-state index contributed by atoms with van der Waals surface area (Å²) < 4.78 is 29.4. The van der Waals surface area contributed by atoms with Gasteiger partial charge in [0, 0.05) is 18.2 Å². The van der Waals surface area contributed by atoms with Gasteiger partial charge in [0.25, 0.3) is 0 Å². The van der Waals surface area contributed by atoms with Crippen molar-refractivity contribution in [2.24, 2.45) is 5.73 Å². The molecule has 0 aliphatic carbocycles. The van der Waals surface area contributed by atoms with Gasteiger partial charge in [-0.1, -0.05) is 11.6 Å². The number of hydrogen-bond acceptors (Lipinski definition) is 5. The van der Waals surface area contributed by atoms with E-state index in [0.717, 1.165) is 5.75 Å². The summed E-state index contributed by atoms with van der Waals surface area (Å²) >= 11 is 6.24. The fourth-order valence-corrected chi connectivity index (χ4v) is 2.79. The molecule has 3 N–H and O–H groups in total. The minimum Gasteiger partial charge on any atom is -0.497 e. The number of hydrogen-bond donors (Lipinski definition) is 2. The van der Waals surface area contributed by atoms with Crippen LogP contribution in [0.2, 0.25) is 5.02 Å². The van der Waals surface area contributed by atoms with E-state index >= 15 is 0 Å². The number of amides is 1. The van der Waals surface area contributed by atoms with E-state index in [1.165, 1.54) is 12.1 Å². The van der Waals surface area contributed by atoms with E-state index in [0.29, 0.717) is 23.4 Å². The number of carbonyl (C=O) groups is 1. The highest BCUT2D eigenvalue weighted by molar-refractivity contribution is 6.31. The second-order valence-corrected chi connectivity index (χ2v) is 6.17. The number of ether oxygens (including phenoxy) is 3. The lowest BCUT2D eigenvalue weighted by Gasteiger charge is -2.20. The van der Waals surface area contributed by atoms with Crippen molar-refractivity contribution in [2.75, 3.05) is 20.3 Å². The summed E-state index contributed by atoms with van der Waals surface area (Å²) in [6.07, 6.45) is -0.841. The van der Waals surface area contributed by atoms with Crippen LogP contribution in [0.1, 0.15) is 24.1 Å². The second-order valence-electron chi connectivity index (χ2n) is 5.76. The summed E-state index contributed by atoms with van der Waals surface area (Å²) in [4.78, 5) is 10.6. The summed E-state index contributed by atoms with van der Waals surface area (Å²) in [5.74, 6) is 0.918. The van der Waals surface area contributed by atoms with Gasteiger partial charge in [-0.05, 0) is 48.9 Å². The predicted octanol–water partition coefficient (Wildman–Crippen LogP) is 3.81. The average Bonchev–Trinajstić information content (AvgIpc) is 2.64. The van der Waals surface area contributed by atoms with E-state index in [4.69, 9.17) is 26.8 Å². The number of nitrogens with two attached hydrogens (primary N) is 1. The van der Waals surface area contributed by atoms with Crippen molar-refractivity contribution in [3.8, 4) is 11.5 Å². The Labute approximate surface area is 162 Å². The van der Waals surface area contributed by atoms with E-state index in [1.54, 1.807) is 31.4 Å². The van der Waals surface area contributed by atoms with Crippen LogP contribution in [0, 0.1) is 5.82 Å². The van der Waals surface area contributed by atoms with Gasteiger partial charge in [-0.2, -0.15) is 0 Å². The lowest BCUT2D eigenvalue weighted by molar-refractivity contribution is 0.156. The van der Waals surface area contributed by atoms with Crippen molar-refractivity contribution in [3.05, 3.63) is 58.4 Å². The molecule has 2 aromatic carbocycles. The first-order valence-electron chi connectivity index (χ1n) is 8.31. The normalized spacial score (nSPS) is 11.7. The van der Waals surface area contributed by atoms with Gasteiger partial charge in [0.1, 0.15) is 30.5 Å². The third-order valence-electron chi connectivity index (χ3n) is 3.90. The molecule has 2 rings (SSSR count). The molecule has 0 fully saturated rings. The number of primary amides is 1. The van der Waals surface area contributed by atoms with Gasteiger partial charge in [0.05, 0.1) is 12.1 Å². The zero-order chi connectivity index (χ0) is 19.8. The third kappa shape index (κ3) is 6.30. The monoisotopic (exact) mass is 396 g/mol. The minimum atomic E-state index is -0.841. The predicted molar refractivity (Wildman–Crippen MR) is 101 cm³/mol. The Bertz CT molecular complexity index is 771. The zero-order valence-corrected chi connectivity index (χ0v) is 15.9. The number of benzene rings is 2. The third-order valence-corrected chi connectivity index (χ3v) is 4.24. The van der Waals surface area contributed by atoms with Crippen LogP contribution < -0.4 is 20.5 Å². The van der Waals surface area contributed by atoms with Crippen molar-refractivity contribution >= 4 is 17.7 Å². The van der Waals surface area contributed by atoms with E-state index in [1.807, 2.05) is 6.92 Å². The summed E-state index contributed by atoms with van der Waals surface area (Å²) in [6.45, 7) is 2.49. The van der Waals surface area contributed by atoms with Crippen LogP contribution in [0.5, 0.6) is 11.5 Å². The molecule has 0 saturated carbocycles. The first-order chi connectivity index (χ1) is 12.9. The van der Waals surface area contributed by atoms with Crippen LogP contribution in [0.15, 0.2) is 36.4 Å². The van der Waals surface area contributed by atoms with Gasteiger partial charge in [-0.3, -0.25) is 0 Å². The molecule has 0 aliphatic heterocycles. The number of halogens is 2. The Morgan fingerprint density at radius 3 is 2.56 bits per heavy atom. The number of carbonyl (C=O) groups excluding carboxylic acids is 1. The highest BCUT2D eigenvalue weighted by atomic mass is 35.5. The van der Waals surface area contributed by atoms with Crippen molar-refractivity contribution in [2.45, 2.75) is 19.6 Å². The lowest BCUT2D eigenvalue weighted by atomic mass is 10.0. The smallest absolute Gasteiger partial charge is 0.404 e. The maximum Gasteiger partial charge on any atom is 0.404 e. The standard InChI is InChI=1S/C19H22ClFN2O4/c1-12(23-7-8-26-19(22)24)16-9-13(21)10-18(20)17(16)11-27-15-5-3-14(25-2)4-6-15/h3-6,9-10,12,23H,7-8,11H2,1-2H3,(H2,22,24). The molecule has 1 amide bonds. The molecule has 8 heteroatoms. The Morgan fingerprint density at radius 1 is 1.26 bits per heavy atom. The molecule has 27 heavy (non-hydrogen) atoms. The van der Waals surface area contributed by atoms with Crippen molar-refractivity contribution in [3.63, 3.8) is 0 Å². The quantitative estimate of drug-likeness (QED) is 0.630. The second kappa shape index (κ2) is 9.99. The fraction of sp³-hybridized carbons (Fsp3) is 0.316. The summed E-state index contributed by atoms with van der Waals surface area (Å²) in [5.41, 5.74) is 6.25. The Hall–Kier alpha value is -2.51. The zero-order valence-electron chi connectivity index (χ0n) is 15.1. The van der Waals surface area contributed by atoms with Gasteiger partial charge in [-0.15, -0.1) is 0 Å². The van der Waals surface area contributed by atoms with Crippen LogP contribution in [-0.4, -0.2) is 26.4 Å². The Balaban J connectivity index is 2.08. The highest BCUT2D eigenvalue weighted by Crippen LogP contribution is 2.28. The van der Waals surface area contributed by atoms with E-state index in [9.17, 15) is 9.18 Å². The maximum atomic E-state index is 13.9. The average molecular weight is 397 g/mol. The molecular weight excluding hydrogens is 375 g/mol. The van der Waals surface area contributed by atoms with Gasteiger partial charge in [-0.25, -0.2) is 9.18 Å². The van der Waals surface area contributed by atoms with Crippen molar-refractivity contribution in [1.82, 2.24) is 5.32 Å². The van der Waals surface area contributed by atoms with Gasteiger partial charge >= 0.3 is 6.09 Å². The number of methoxy groups -OCH3 is 1. The summed E-state index contributed by atoms with van der Waals surface area (Å²) in [7, 11) is 1.59. The molecule has 0 saturated heterocycles. The molecule has 1 unspecified atom stereocenters. The van der Waals surface area contributed by atoms with Crippen molar-refractivity contribution in [1.29, 1.82) is 0 Å². The first-order valence-corrected chi connectivity index (χ1v) is 8.68.